The topological polar surface area (TPSA) is 12.0 Å². The van der Waals surface area contributed by atoms with Crippen molar-refractivity contribution in [1.82, 2.24) is 5.32 Å². The summed E-state index contributed by atoms with van der Waals surface area (Å²) in [6.45, 7) is 0. The number of thiophene rings is 1. The first kappa shape index (κ1) is 14.1. The third-order valence-corrected chi connectivity index (χ3v) is 5.29. The standard InChI is InChI=1S/C16H27NS/c1-17-16(14-8-4-2-3-5-9-14)12-6-10-15-11-7-13-18-15/h7,11,13-14,16-17H,2-6,8-10,12H2,1H3. The predicted molar refractivity (Wildman–Crippen MR) is 81.3 cm³/mol. The molecule has 1 nitrogen and oxygen atoms in total. The largest absolute Gasteiger partial charge is 0.317 e. The normalized spacial score (nSPS) is 19.6. The lowest BCUT2D eigenvalue weighted by atomic mass is 9.88. The van der Waals surface area contributed by atoms with E-state index in [0.29, 0.717) is 0 Å². The number of aryl methyl sites for hydroxylation is 1. The molecule has 1 aromatic heterocycles. The van der Waals surface area contributed by atoms with Gasteiger partial charge in [0.15, 0.2) is 0 Å². The van der Waals surface area contributed by atoms with E-state index in [9.17, 15) is 0 Å². The van der Waals surface area contributed by atoms with Crippen LogP contribution in [0.3, 0.4) is 0 Å². The Balaban J connectivity index is 1.73. The highest BCUT2D eigenvalue weighted by Gasteiger charge is 2.20. The van der Waals surface area contributed by atoms with E-state index in [-0.39, 0.29) is 0 Å². The van der Waals surface area contributed by atoms with Crippen molar-refractivity contribution in [3.8, 4) is 0 Å². The molecule has 0 aromatic carbocycles. The predicted octanol–water partition coefficient (Wildman–Crippen LogP) is 4.63. The van der Waals surface area contributed by atoms with Gasteiger partial charge in [0, 0.05) is 10.9 Å². The van der Waals surface area contributed by atoms with Gasteiger partial charge in [0.05, 0.1) is 0 Å². The summed E-state index contributed by atoms with van der Waals surface area (Å²) in [7, 11) is 2.15. The minimum atomic E-state index is 0.753. The molecule has 18 heavy (non-hydrogen) atoms. The van der Waals surface area contributed by atoms with Crippen LogP contribution in [0.4, 0.5) is 0 Å². The van der Waals surface area contributed by atoms with Gasteiger partial charge < -0.3 is 5.32 Å². The Bertz CT molecular complexity index is 299. The molecule has 1 aromatic rings. The van der Waals surface area contributed by atoms with Gasteiger partial charge in [-0.25, -0.2) is 0 Å². The van der Waals surface area contributed by atoms with E-state index < -0.39 is 0 Å². The van der Waals surface area contributed by atoms with Gasteiger partial charge in [-0.1, -0.05) is 31.7 Å². The highest BCUT2D eigenvalue weighted by Crippen LogP contribution is 2.27. The average molecular weight is 265 g/mol. The molecule has 1 aliphatic rings. The second kappa shape index (κ2) is 7.96. The average Bonchev–Trinajstić information content (AvgIpc) is 2.76. The Labute approximate surface area is 116 Å². The third kappa shape index (κ3) is 4.40. The smallest absolute Gasteiger partial charge is 0.00924 e. The molecule has 0 saturated heterocycles. The summed E-state index contributed by atoms with van der Waals surface area (Å²) in [6.07, 6.45) is 12.7. The summed E-state index contributed by atoms with van der Waals surface area (Å²) in [6, 6.07) is 5.19. The van der Waals surface area contributed by atoms with Gasteiger partial charge in [0.1, 0.15) is 0 Å². The lowest BCUT2D eigenvalue weighted by molar-refractivity contribution is 0.314. The third-order valence-electron chi connectivity index (χ3n) is 4.36. The number of hydrogen-bond acceptors (Lipinski definition) is 2. The Morgan fingerprint density at radius 1 is 1.28 bits per heavy atom. The summed E-state index contributed by atoms with van der Waals surface area (Å²) < 4.78 is 0. The second-order valence-electron chi connectivity index (χ2n) is 5.62. The minimum Gasteiger partial charge on any atom is -0.317 e. The van der Waals surface area contributed by atoms with E-state index in [1.807, 2.05) is 11.3 Å². The van der Waals surface area contributed by atoms with Crippen LogP contribution in [0.5, 0.6) is 0 Å². The highest BCUT2D eigenvalue weighted by atomic mass is 32.1. The van der Waals surface area contributed by atoms with E-state index in [4.69, 9.17) is 0 Å². The SMILES string of the molecule is CNC(CCCc1cccs1)C1CCCCCC1. The van der Waals surface area contributed by atoms with E-state index in [1.165, 1.54) is 57.8 Å². The Hall–Kier alpha value is -0.340. The van der Waals surface area contributed by atoms with E-state index in [0.717, 1.165) is 12.0 Å². The van der Waals surface area contributed by atoms with Gasteiger partial charge in [0.2, 0.25) is 0 Å². The fourth-order valence-electron chi connectivity index (χ4n) is 3.28. The van der Waals surface area contributed by atoms with Crippen LogP contribution in [-0.2, 0) is 6.42 Å². The first-order valence-corrected chi connectivity index (χ1v) is 8.48. The second-order valence-corrected chi connectivity index (χ2v) is 6.65. The summed E-state index contributed by atoms with van der Waals surface area (Å²) in [5, 5.41) is 5.77. The summed E-state index contributed by atoms with van der Waals surface area (Å²) in [4.78, 5) is 1.55. The molecular weight excluding hydrogens is 238 g/mol. The van der Waals surface area contributed by atoms with Crippen molar-refractivity contribution in [2.45, 2.75) is 63.8 Å². The van der Waals surface area contributed by atoms with E-state index in [2.05, 4.69) is 29.9 Å². The molecular formula is C16H27NS. The van der Waals surface area contributed by atoms with Crippen LogP contribution < -0.4 is 5.32 Å². The Morgan fingerprint density at radius 2 is 2.06 bits per heavy atom. The first-order chi connectivity index (χ1) is 8.90. The van der Waals surface area contributed by atoms with Crippen LogP contribution in [-0.4, -0.2) is 13.1 Å². The lowest BCUT2D eigenvalue weighted by Gasteiger charge is -2.25. The van der Waals surface area contributed by atoms with E-state index >= 15 is 0 Å². The maximum Gasteiger partial charge on any atom is 0.00924 e. The summed E-state index contributed by atoms with van der Waals surface area (Å²) >= 11 is 1.90. The van der Waals surface area contributed by atoms with E-state index in [1.54, 1.807) is 4.88 Å². The maximum atomic E-state index is 3.58. The number of rotatable bonds is 6. The van der Waals surface area contributed by atoms with Crippen LogP contribution in [0.15, 0.2) is 17.5 Å². The quantitative estimate of drug-likeness (QED) is 0.740. The van der Waals surface area contributed by atoms with Crippen molar-refractivity contribution in [1.29, 1.82) is 0 Å². The fraction of sp³-hybridized carbons (Fsp3) is 0.750. The molecule has 1 N–H and O–H groups in total. The molecule has 1 heterocycles. The van der Waals surface area contributed by atoms with Crippen molar-refractivity contribution in [2.24, 2.45) is 5.92 Å². The van der Waals surface area contributed by atoms with Crippen molar-refractivity contribution in [2.75, 3.05) is 7.05 Å². The maximum absolute atomic E-state index is 3.58. The zero-order valence-corrected chi connectivity index (χ0v) is 12.5. The molecule has 2 rings (SSSR count). The van der Waals surface area contributed by atoms with Crippen molar-refractivity contribution in [3.63, 3.8) is 0 Å². The van der Waals surface area contributed by atoms with Crippen LogP contribution in [0.1, 0.15) is 56.2 Å². The molecule has 0 aliphatic heterocycles. The molecule has 0 radical (unpaired) electrons. The monoisotopic (exact) mass is 265 g/mol. The molecule has 0 spiro atoms. The molecule has 102 valence electrons. The summed E-state index contributed by atoms with van der Waals surface area (Å²) in [5.74, 6) is 0.931. The highest BCUT2D eigenvalue weighted by molar-refractivity contribution is 7.09. The van der Waals surface area contributed by atoms with Gasteiger partial charge in [-0.3, -0.25) is 0 Å². The van der Waals surface area contributed by atoms with Gasteiger partial charge in [-0.15, -0.1) is 11.3 Å². The van der Waals surface area contributed by atoms with Crippen LogP contribution in [0.2, 0.25) is 0 Å². The van der Waals surface area contributed by atoms with Gasteiger partial charge in [-0.2, -0.15) is 0 Å². The van der Waals surface area contributed by atoms with Crippen LogP contribution in [0.25, 0.3) is 0 Å². The van der Waals surface area contributed by atoms with Gasteiger partial charge >= 0.3 is 0 Å². The van der Waals surface area contributed by atoms with Crippen LogP contribution in [0, 0.1) is 5.92 Å². The molecule has 0 amide bonds. The van der Waals surface area contributed by atoms with Gasteiger partial charge in [-0.05, 0) is 56.5 Å². The number of nitrogens with one attached hydrogen (secondary N) is 1. The Kier molecular flexibility index (Phi) is 6.22. The first-order valence-electron chi connectivity index (χ1n) is 7.60. The molecule has 1 fully saturated rings. The Morgan fingerprint density at radius 3 is 2.67 bits per heavy atom. The van der Waals surface area contributed by atoms with Crippen molar-refractivity contribution in [3.05, 3.63) is 22.4 Å². The lowest BCUT2D eigenvalue weighted by Crippen LogP contribution is -2.33. The molecule has 2 heteroatoms. The zero-order chi connectivity index (χ0) is 12.6. The van der Waals surface area contributed by atoms with Gasteiger partial charge in [0.25, 0.3) is 0 Å². The molecule has 1 atom stereocenters. The molecule has 1 unspecified atom stereocenters. The molecule has 1 saturated carbocycles. The molecule has 0 bridgehead atoms. The van der Waals surface area contributed by atoms with Crippen LogP contribution >= 0.6 is 11.3 Å². The fourth-order valence-corrected chi connectivity index (χ4v) is 4.03. The minimum absolute atomic E-state index is 0.753. The summed E-state index contributed by atoms with van der Waals surface area (Å²) in [5.41, 5.74) is 0. The molecule has 1 aliphatic carbocycles. The zero-order valence-electron chi connectivity index (χ0n) is 11.7. The number of hydrogen-bond donors (Lipinski definition) is 1. The van der Waals surface area contributed by atoms with Crippen molar-refractivity contribution < 1.29 is 0 Å². The van der Waals surface area contributed by atoms with Crippen molar-refractivity contribution >= 4 is 11.3 Å².